The van der Waals surface area contributed by atoms with Crippen LogP contribution in [-0.4, -0.2) is 62.2 Å². The zero-order chi connectivity index (χ0) is 17.9. The second kappa shape index (κ2) is 10.9. The number of pyridine rings is 1. The Morgan fingerprint density at radius 2 is 1.92 bits per heavy atom. The summed E-state index contributed by atoms with van der Waals surface area (Å²) in [6.45, 7) is 11.7. The highest BCUT2D eigenvalue weighted by Gasteiger charge is 2.16. The maximum atomic E-state index is 4.65. The van der Waals surface area contributed by atoms with Crippen LogP contribution in [0.4, 0.5) is 5.82 Å². The van der Waals surface area contributed by atoms with Gasteiger partial charge in [0, 0.05) is 52.5 Å². The quantitative estimate of drug-likeness (QED) is 0.429. The summed E-state index contributed by atoms with van der Waals surface area (Å²) < 4.78 is 0. The molecule has 0 saturated carbocycles. The van der Waals surface area contributed by atoms with E-state index in [1.54, 1.807) is 0 Å². The molecule has 1 aliphatic heterocycles. The number of aliphatic imine (C=N–C) groups is 1. The van der Waals surface area contributed by atoms with Crippen molar-refractivity contribution in [2.45, 2.75) is 39.7 Å². The third-order valence-electron chi connectivity index (χ3n) is 4.71. The Bertz CT molecular complexity index is 505. The first-order chi connectivity index (χ1) is 12.3. The normalized spacial score (nSPS) is 16.1. The Kier molecular flexibility index (Phi) is 8.52. The summed E-state index contributed by atoms with van der Waals surface area (Å²) in [5, 5.41) is 6.71. The molecule has 1 aromatic rings. The number of hydrogen-bond acceptors (Lipinski definition) is 4. The average molecular weight is 347 g/mol. The number of likely N-dealkylation sites (N-methyl/N-ethyl adjacent to an activating group) is 1. The Labute approximate surface area is 152 Å². The van der Waals surface area contributed by atoms with Crippen molar-refractivity contribution in [3.63, 3.8) is 0 Å². The largest absolute Gasteiger partial charge is 0.356 e. The van der Waals surface area contributed by atoms with E-state index >= 15 is 0 Å². The van der Waals surface area contributed by atoms with E-state index in [0.717, 1.165) is 57.6 Å². The fourth-order valence-electron chi connectivity index (χ4n) is 2.99. The van der Waals surface area contributed by atoms with Crippen LogP contribution in [0.1, 0.15) is 38.7 Å². The maximum absolute atomic E-state index is 4.65. The number of guanidine groups is 1. The molecule has 0 radical (unpaired) electrons. The van der Waals surface area contributed by atoms with Gasteiger partial charge in [0.15, 0.2) is 5.96 Å². The minimum absolute atomic E-state index is 0.740. The SMILES string of the molecule is CCCCCNC(=NC)NCc1ccc(N2CCN(CC)CC2)nc1. The molecule has 140 valence electrons. The van der Waals surface area contributed by atoms with Crippen LogP contribution in [0.25, 0.3) is 0 Å². The van der Waals surface area contributed by atoms with Crippen LogP contribution < -0.4 is 15.5 Å². The molecule has 1 fully saturated rings. The number of anilines is 1. The van der Waals surface area contributed by atoms with Gasteiger partial charge < -0.3 is 20.4 Å². The topological polar surface area (TPSA) is 55.8 Å². The second-order valence-electron chi connectivity index (χ2n) is 6.51. The summed E-state index contributed by atoms with van der Waals surface area (Å²) >= 11 is 0. The van der Waals surface area contributed by atoms with Gasteiger partial charge in [-0.2, -0.15) is 0 Å². The molecule has 0 atom stereocenters. The zero-order valence-electron chi connectivity index (χ0n) is 16.1. The number of piperazine rings is 1. The number of unbranched alkanes of at least 4 members (excludes halogenated alkanes) is 2. The van der Waals surface area contributed by atoms with Crippen molar-refractivity contribution in [2.24, 2.45) is 4.99 Å². The molecule has 0 spiro atoms. The molecule has 25 heavy (non-hydrogen) atoms. The van der Waals surface area contributed by atoms with Crippen LogP contribution in [0, 0.1) is 0 Å². The molecule has 2 heterocycles. The number of hydrogen-bond donors (Lipinski definition) is 2. The van der Waals surface area contributed by atoms with E-state index in [-0.39, 0.29) is 0 Å². The summed E-state index contributed by atoms with van der Waals surface area (Å²) in [4.78, 5) is 13.8. The lowest BCUT2D eigenvalue weighted by Crippen LogP contribution is -2.46. The molecule has 1 aliphatic rings. The summed E-state index contributed by atoms with van der Waals surface area (Å²) in [6.07, 6.45) is 5.64. The van der Waals surface area contributed by atoms with E-state index < -0.39 is 0 Å². The Balaban J connectivity index is 1.76. The van der Waals surface area contributed by atoms with Crippen LogP contribution in [-0.2, 0) is 6.54 Å². The van der Waals surface area contributed by atoms with Crippen LogP contribution in [0.2, 0.25) is 0 Å². The Hall–Kier alpha value is -1.82. The van der Waals surface area contributed by atoms with Crippen molar-refractivity contribution in [1.29, 1.82) is 0 Å². The minimum Gasteiger partial charge on any atom is -0.356 e. The van der Waals surface area contributed by atoms with Crippen molar-refractivity contribution >= 4 is 11.8 Å². The molecule has 0 bridgehead atoms. The molecular weight excluding hydrogens is 312 g/mol. The van der Waals surface area contributed by atoms with Crippen LogP contribution in [0.5, 0.6) is 0 Å². The van der Waals surface area contributed by atoms with Gasteiger partial charge in [-0.15, -0.1) is 0 Å². The van der Waals surface area contributed by atoms with Gasteiger partial charge in [0.2, 0.25) is 0 Å². The molecule has 1 aromatic heterocycles. The first-order valence-electron chi connectivity index (χ1n) is 9.63. The summed E-state index contributed by atoms with van der Waals surface area (Å²) in [5.41, 5.74) is 1.17. The van der Waals surface area contributed by atoms with E-state index in [0.29, 0.717) is 0 Å². The van der Waals surface area contributed by atoms with Crippen LogP contribution >= 0.6 is 0 Å². The monoisotopic (exact) mass is 346 g/mol. The van der Waals surface area contributed by atoms with Crippen molar-refractivity contribution in [3.05, 3.63) is 23.9 Å². The number of nitrogens with one attached hydrogen (secondary N) is 2. The maximum Gasteiger partial charge on any atom is 0.191 e. The summed E-state index contributed by atoms with van der Waals surface area (Å²) in [7, 11) is 1.81. The average Bonchev–Trinajstić information content (AvgIpc) is 2.68. The van der Waals surface area contributed by atoms with E-state index in [2.05, 4.69) is 56.4 Å². The molecule has 6 nitrogen and oxygen atoms in total. The van der Waals surface area contributed by atoms with Gasteiger partial charge in [0.1, 0.15) is 5.82 Å². The van der Waals surface area contributed by atoms with Gasteiger partial charge in [0.25, 0.3) is 0 Å². The summed E-state index contributed by atoms with van der Waals surface area (Å²) in [6, 6.07) is 4.29. The fraction of sp³-hybridized carbons (Fsp3) is 0.684. The number of aromatic nitrogens is 1. The minimum atomic E-state index is 0.740. The Morgan fingerprint density at radius 3 is 2.52 bits per heavy atom. The lowest BCUT2D eigenvalue weighted by atomic mass is 10.2. The lowest BCUT2D eigenvalue weighted by molar-refractivity contribution is 0.270. The molecule has 0 aromatic carbocycles. The predicted molar refractivity (Wildman–Crippen MR) is 106 cm³/mol. The third-order valence-corrected chi connectivity index (χ3v) is 4.71. The van der Waals surface area contributed by atoms with Gasteiger partial charge >= 0.3 is 0 Å². The highest BCUT2D eigenvalue weighted by Crippen LogP contribution is 2.14. The molecule has 2 N–H and O–H groups in total. The van der Waals surface area contributed by atoms with Crippen molar-refractivity contribution in [1.82, 2.24) is 20.5 Å². The van der Waals surface area contributed by atoms with Crippen molar-refractivity contribution in [3.8, 4) is 0 Å². The molecule has 0 unspecified atom stereocenters. The van der Waals surface area contributed by atoms with E-state index in [1.807, 2.05) is 13.2 Å². The molecular formula is C19H34N6. The molecule has 6 heteroatoms. The van der Waals surface area contributed by atoms with Crippen LogP contribution in [0.3, 0.4) is 0 Å². The second-order valence-corrected chi connectivity index (χ2v) is 6.51. The highest BCUT2D eigenvalue weighted by atomic mass is 15.3. The van der Waals surface area contributed by atoms with E-state index in [9.17, 15) is 0 Å². The van der Waals surface area contributed by atoms with Crippen molar-refractivity contribution < 1.29 is 0 Å². The van der Waals surface area contributed by atoms with Gasteiger partial charge in [-0.3, -0.25) is 4.99 Å². The molecule has 0 aliphatic carbocycles. The first-order valence-corrected chi connectivity index (χ1v) is 9.63. The standard InChI is InChI=1S/C19H34N6/c1-4-6-7-10-21-19(20-3)23-16-17-8-9-18(22-15-17)25-13-11-24(5-2)12-14-25/h8-9,15H,4-7,10-14,16H2,1-3H3,(H2,20,21,23). The first kappa shape index (κ1) is 19.5. The lowest BCUT2D eigenvalue weighted by Gasteiger charge is -2.34. The van der Waals surface area contributed by atoms with Gasteiger partial charge in [-0.1, -0.05) is 32.8 Å². The van der Waals surface area contributed by atoms with Gasteiger partial charge in [0.05, 0.1) is 0 Å². The predicted octanol–water partition coefficient (Wildman–Crippen LogP) is 2.08. The molecule has 2 rings (SSSR count). The van der Waals surface area contributed by atoms with E-state index in [4.69, 9.17) is 0 Å². The number of nitrogens with zero attached hydrogens (tertiary/aromatic N) is 4. The zero-order valence-corrected chi connectivity index (χ0v) is 16.1. The van der Waals surface area contributed by atoms with Gasteiger partial charge in [-0.05, 0) is 24.6 Å². The van der Waals surface area contributed by atoms with E-state index in [1.165, 1.54) is 24.8 Å². The highest BCUT2D eigenvalue weighted by molar-refractivity contribution is 5.79. The van der Waals surface area contributed by atoms with Crippen molar-refractivity contribution in [2.75, 3.05) is 51.2 Å². The third kappa shape index (κ3) is 6.53. The van der Waals surface area contributed by atoms with Crippen LogP contribution in [0.15, 0.2) is 23.3 Å². The Morgan fingerprint density at radius 1 is 1.12 bits per heavy atom. The van der Waals surface area contributed by atoms with Gasteiger partial charge in [-0.25, -0.2) is 4.98 Å². The smallest absolute Gasteiger partial charge is 0.191 e. The molecule has 0 amide bonds. The fourth-order valence-corrected chi connectivity index (χ4v) is 2.99. The summed E-state index contributed by atoms with van der Waals surface area (Å²) in [5.74, 6) is 1.94. The number of rotatable bonds is 8. The molecule has 1 saturated heterocycles.